The zero-order valence-corrected chi connectivity index (χ0v) is 11.8. The average Bonchev–Trinajstić information content (AvgIpc) is 2.50. The van der Waals surface area contributed by atoms with Crippen LogP contribution in [-0.4, -0.2) is 51.0 Å². The fourth-order valence-electron chi connectivity index (χ4n) is 2.07. The van der Waals surface area contributed by atoms with Crippen LogP contribution in [0.25, 0.3) is 0 Å². The maximum absolute atomic E-state index is 8.90. The molecule has 1 aliphatic rings. The van der Waals surface area contributed by atoms with E-state index in [0.29, 0.717) is 30.3 Å². The average molecular weight is 276 g/mol. The number of morpholine rings is 1. The molecule has 2 rings (SSSR count). The second-order valence-corrected chi connectivity index (χ2v) is 4.51. The Hall–Kier alpha value is -1.77. The van der Waals surface area contributed by atoms with E-state index in [1.807, 2.05) is 6.92 Å². The summed E-state index contributed by atoms with van der Waals surface area (Å²) >= 11 is 0. The molecule has 1 saturated heterocycles. The predicted molar refractivity (Wildman–Crippen MR) is 75.1 cm³/mol. The van der Waals surface area contributed by atoms with Crippen molar-refractivity contribution in [1.29, 1.82) is 5.26 Å². The molecule has 0 spiro atoms. The molecule has 1 fully saturated rings. The Kier molecular flexibility index (Phi) is 5.66. The molecule has 1 heterocycles. The van der Waals surface area contributed by atoms with Gasteiger partial charge in [-0.15, -0.1) is 0 Å². The summed E-state index contributed by atoms with van der Waals surface area (Å²) in [5.41, 5.74) is 0.578. The molecule has 5 heteroatoms. The molecular formula is C15H20N2O3. The molecule has 0 amide bonds. The molecule has 0 radical (unpaired) electrons. The smallest absolute Gasteiger partial charge is 0.162 e. The molecule has 0 N–H and O–H groups in total. The van der Waals surface area contributed by atoms with Crippen LogP contribution >= 0.6 is 0 Å². The number of rotatable bonds is 6. The first-order valence-corrected chi connectivity index (χ1v) is 6.93. The maximum atomic E-state index is 8.90. The van der Waals surface area contributed by atoms with Crippen molar-refractivity contribution < 1.29 is 14.2 Å². The van der Waals surface area contributed by atoms with Gasteiger partial charge < -0.3 is 14.2 Å². The van der Waals surface area contributed by atoms with E-state index in [9.17, 15) is 0 Å². The molecule has 0 unspecified atom stereocenters. The second-order valence-electron chi connectivity index (χ2n) is 4.51. The fraction of sp³-hybridized carbons (Fsp3) is 0.533. The first-order chi connectivity index (χ1) is 9.83. The number of hydrogen-bond acceptors (Lipinski definition) is 5. The Labute approximate surface area is 119 Å². The van der Waals surface area contributed by atoms with Crippen LogP contribution in [0.2, 0.25) is 0 Å². The van der Waals surface area contributed by atoms with Crippen molar-refractivity contribution in [2.45, 2.75) is 6.92 Å². The molecule has 20 heavy (non-hydrogen) atoms. The lowest BCUT2D eigenvalue weighted by Gasteiger charge is -2.26. The topological polar surface area (TPSA) is 54.7 Å². The first kappa shape index (κ1) is 14.6. The van der Waals surface area contributed by atoms with Crippen LogP contribution in [0, 0.1) is 11.3 Å². The normalized spacial score (nSPS) is 15.6. The van der Waals surface area contributed by atoms with E-state index in [1.165, 1.54) is 0 Å². The van der Waals surface area contributed by atoms with Gasteiger partial charge >= 0.3 is 0 Å². The molecule has 0 bridgehead atoms. The van der Waals surface area contributed by atoms with Gasteiger partial charge in [0.1, 0.15) is 6.61 Å². The van der Waals surface area contributed by atoms with Crippen LogP contribution in [0.3, 0.4) is 0 Å². The number of nitrogens with zero attached hydrogens (tertiary/aromatic N) is 2. The quantitative estimate of drug-likeness (QED) is 0.791. The summed E-state index contributed by atoms with van der Waals surface area (Å²) in [7, 11) is 0. The number of hydrogen-bond donors (Lipinski definition) is 0. The van der Waals surface area contributed by atoms with E-state index in [4.69, 9.17) is 19.5 Å². The van der Waals surface area contributed by atoms with E-state index in [2.05, 4.69) is 11.0 Å². The molecular weight excluding hydrogens is 256 g/mol. The number of ether oxygens (including phenoxy) is 3. The van der Waals surface area contributed by atoms with Gasteiger partial charge in [-0.25, -0.2) is 0 Å². The predicted octanol–water partition coefficient (Wildman–Crippen LogP) is 1.67. The van der Waals surface area contributed by atoms with E-state index in [1.54, 1.807) is 18.2 Å². The van der Waals surface area contributed by atoms with Crippen LogP contribution in [0.4, 0.5) is 0 Å². The first-order valence-electron chi connectivity index (χ1n) is 6.93. The van der Waals surface area contributed by atoms with Crippen molar-refractivity contribution in [3.8, 4) is 17.6 Å². The molecule has 1 aliphatic heterocycles. The van der Waals surface area contributed by atoms with Crippen LogP contribution in [0.5, 0.6) is 11.5 Å². The van der Waals surface area contributed by atoms with Crippen molar-refractivity contribution in [2.75, 3.05) is 46.1 Å². The van der Waals surface area contributed by atoms with Gasteiger partial charge in [0.2, 0.25) is 0 Å². The third-order valence-electron chi connectivity index (χ3n) is 3.14. The van der Waals surface area contributed by atoms with Crippen molar-refractivity contribution in [2.24, 2.45) is 0 Å². The minimum Gasteiger partial charge on any atom is -0.490 e. The summed E-state index contributed by atoms with van der Waals surface area (Å²) in [5, 5.41) is 8.90. The molecule has 5 nitrogen and oxygen atoms in total. The highest BCUT2D eigenvalue weighted by atomic mass is 16.5. The Morgan fingerprint density at radius 1 is 1.25 bits per heavy atom. The lowest BCUT2D eigenvalue weighted by atomic mass is 10.2. The second kappa shape index (κ2) is 7.73. The largest absolute Gasteiger partial charge is 0.490 e. The summed E-state index contributed by atoms with van der Waals surface area (Å²) in [6.07, 6.45) is 0. The van der Waals surface area contributed by atoms with Gasteiger partial charge in [0, 0.05) is 25.7 Å². The molecule has 0 atom stereocenters. The van der Waals surface area contributed by atoms with Crippen molar-refractivity contribution in [3.63, 3.8) is 0 Å². The lowest BCUT2D eigenvalue weighted by Crippen LogP contribution is -2.38. The van der Waals surface area contributed by atoms with Crippen LogP contribution in [-0.2, 0) is 4.74 Å². The molecule has 1 aromatic carbocycles. The van der Waals surface area contributed by atoms with Gasteiger partial charge in [-0.3, -0.25) is 4.90 Å². The number of nitriles is 1. The van der Waals surface area contributed by atoms with E-state index in [0.717, 1.165) is 32.8 Å². The van der Waals surface area contributed by atoms with Gasteiger partial charge in [0.05, 0.1) is 31.5 Å². The summed E-state index contributed by atoms with van der Waals surface area (Å²) in [5.74, 6) is 1.33. The van der Waals surface area contributed by atoms with E-state index >= 15 is 0 Å². The summed E-state index contributed by atoms with van der Waals surface area (Å²) in [4.78, 5) is 2.31. The van der Waals surface area contributed by atoms with E-state index in [-0.39, 0.29) is 0 Å². The standard InChI is InChI=1S/C15H20N2O3/c1-2-19-15-11-13(12-16)3-4-14(15)20-10-7-17-5-8-18-9-6-17/h3-4,11H,2,5-10H2,1H3. The number of benzene rings is 1. The lowest BCUT2D eigenvalue weighted by molar-refractivity contribution is 0.0321. The van der Waals surface area contributed by atoms with Gasteiger partial charge in [-0.1, -0.05) is 0 Å². The highest BCUT2D eigenvalue weighted by Gasteiger charge is 2.11. The van der Waals surface area contributed by atoms with Crippen molar-refractivity contribution >= 4 is 0 Å². The Balaban J connectivity index is 1.89. The molecule has 0 saturated carbocycles. The minimum atomic E-state index is 0.550. The van der Waals surface area contributed by atoms with Crippen molar-refractivity contribution in [1.82, 2.24) is 4.90 Å². The van der Waals surface area contributed by atoms with Crippen LogP contribution < -0.4 is 9.47 Å². The Morgan fingerprint density at radius 3 is 2.75 bits per heavy atom. The third kappa shape index (κ3) is 4.12. The molecule has 1 aromatic rings. The zero-order chi connectivity index (χ0) is 14.2. The fourth-order valence-corrected chi connectivity index (χ4v) is 2.07. The van der Waals surface area contributed by atoms with Crippen LogP contribution in [0.15, 0.2) is 18.2 Å². The van der Waals surface area contributed by atoms with Gasteiger partial charge in [-0.2, -0.15) is 5.26 Å². The highest BCUT2D eigenvalue weighted by Crippen LogP contribution is 2.28. The van der Waals surface area contributed by atoms with Gasteiger partial charge in [-0.05, 0) is 19.1 Å². The Bertz CT molecular complexity index is 465. The minimum absolute atomic E-state index is 0.550. The monoisotopic (exact) mass is 276 g/mol. The Morgan fingerprint density at radius 2 is 2.05 bits per heavy atom. The highest BCUT2D eigenvalue weighted by molar-refractivity contribution is 5.46. The summed E-state index contributed by atoms with van der Waals surface area (Å²) in [6.45, 7) is 7.43. The molecule has 108 valence electrons. The molecule has 0 aromatic heterocycles. The van der Waals surface area contributed by atoms with Crippen molar-refractivity contribution in [3.05, 3.63) is 23.8 Å². The zero-order valence-electron chi connectivity index (χ0n) is 11.8. The summed E-state index contributed by atoms with van der Waals surface area (Å²) in [6, 6.07) is 7.36. The molecule has 0 aliphatic carbocycles. The van der Waals surface area contributed by atoms with E-state index < -0.39 is 0 Å². The van der Waals surface area contributed by atoms with Crippen LogP contribution in [0.1, 0.15) is 12.5 Å². The van der Waals surface area contributed by atoms with Gasteiger partial charge in [0.15, 0.2) is 11.5 Å². The SMILES string of the molecule is CCOc1cc(C#N)ccc1OCCN1CCOCC1. The third-order valence-corrected chi connectivity index (χ3v) is 3.14. The maximum Gasteiger partial charge on any atom is 0.162 e. The summed E-state index contributed by atoms with van der Waals surface area (Å²) < 4.78 is 16.6. The van der Waals surface area contributed by atoms with Gasteiger partial charge in [0.25, 0.3) is 0 Å².